The summed E-state index contributed by atoms with van der Waals surface area (Å²) in [4.78, 5) is 49.8. The lowest BCUT2D eigenvalue weighted by molar-refractivity contribution is 0.0688. The number of aromatic nitrogens is 2. The van der Waals surface area contributed by atoms with Crippen LogP contribution >= 0.6 is 0 Å². The highest BCUT2D eigenvalue weighted by molar-refractivity contribution is 5.97. The molecule has 0 spiro atoms. The summed E-state index contributed by atoms with van der Waals surface area (Å²) in [5, 5.41) is 18.6. The summed E-state index contributed by atoms with van der Waals surface area (Å²) in [6.07, 6.45) is 0.557. The third-order valence-corrected chi connectivity index (χ3v) is 4.24. The fraction of sp³-hybridized carbons (Fsp3) is 0.200. The number of aliphatic hydroxyl groups excluding tert-OH is 1. The first kappa shape index (κ1) is 22.5. The van der Waals surface area contributed by atoms with Gasteiger partial charge in [-0.3, -0.25) is 14.6 Å². The van der Waals surface area contributed by atoms with E-state index in [4.69, 9.17) is 21.7 Å². The second-order valence-electron chi connectivity index (χ2n) is 6.34. The zero-order chi connectivity index (χ0) is 22.3. The molecule has 30 heavy (non-hydrogen) atoms. The first-order chi connectivity index (χ1) is 14.3. The van der Waals surface area contributed by atoms with Gasteiger partial charge < -0.3 is 26.7 Å². The molecule has 0 aliphatic rings. The lowest BCUT2D eigenvalue weighted by Gasteiger charge is -2.07. The molecule has 3 rings (SSSR count). The lowest BCUT2D eigenvalue weighted by Crippen LogP contribution is -2.30. The Morgan fingerprint density at radius 1 is 0.967 bits per heavy atom. The van der Waals surface area contributed by atoms with E-state index in [0.29, 0.717) is 18.5 Å². The number of aromatic carboxylic acids is 1. The van der Waals surface area contributed by atoms with Gasteiger partial charge in [0.25, 0.3) is 5.56 Å². The number of carboxylic acids is 1. The average molecular weight is 414 g/mol. The Morgan fingerprint density at radius 2 is 1.60 bits per heavy atom. The van der Waals surface area contributed by atoms with Crippen LogP contribution in [0.3, 0.4) is 0 Å². The highest BCUT2D eigenvalue weighted by atomic mass is 16.4. The van der Waals surface area contributed by atoms with Crippen LogP contribution < -0.4 is 22.7 Å². The number of aliphatic hydroxyl groups is 1. The molecule has 0 saturated heterocycles. The van der Waals surface area contributed by atoms with E-state index < -0.39 is 28.8 Å². The number of amides is 1. The Balaban J connectivity index is 0.000000735. The Hall–Kier alpha value is -3.76. The molecule has 0 fully saturated rings. The van der Waals surface area contributed by atoms with Crippen molar-refractivity contribution in [3.05, 3.63) is 79.6 Å². The number of nitrogens with two attached hydrogens (primary N) is 2. The molecular formula is C20H22N4O6. The second kappa shape index (κ2) is 10.1. The third-order valence-electron chi connectivity index (χ3n) is 4.24. The summed E-state index contributed by atoms with van der Waals surface area (Å²) in [5.74, 6) is -1.87. The van der Waals surface area contributed by atoms with E-state index in [9.17, 15) is 19.2 Å². The molecule has 1 aromatic heterocycles. The van der Waals surface area contributed by atoms with E-state index in [1.165, 1.54) is 0 Å². The second-order valence-corrected chi connectivity index (χ2v) is 6.34. The van der Waals surface area contributed by atoms with Crippen LogP contribution in [0.1, 0.15) is 32.0 Å². The van der Waals surface area contributed by atoms with Gasteiger partial charge in [0.15, 0.2) is 0 Å². The molecular weight excluding hydrogens is 392 g/mol. The number of carboxylic acid groups (broad SMARTS) is 1. The van der Waals surface area contributed by atoms with Crippen molar-refractivity contribution in [3.63, 3.8) is 0 Å². The van der Waals surface area contributed by atoms with Crippen molar-refractivity contribution < 1.29 is 19.8 Å². The predicted octanol–water partition coefficient (Wildman–Crippen LogP) is -0.264. The predicted molar refractivity (Wildman–Crippen MR) is 111 cm³/mol. The Bertz CT molecular complexity index is 1180. The van der Waals surface area contributed by atoms with E-state index in [2.05, 4.69) is 4.98 Å². The molecule has 0 bridgehead atoms. The molecule has 158 valence electrons. The number of nitrogens with one attached hydrogen (secondary N) is 2. The van der Waals surface area contributed by atoms with Gasteiger partial charge in [0.05, 0.1) is 6.61 Å². The van der Waals surface area contributed by atoms with Gasteiger partial charge >= 0.3 is 11.7 Å². The molecule has 1 heterocycles. The molecule has 0 unspecified atom stereocenters. The quantitative estimate of drug-likeness (QED) is 0.320. The average Bonchev–Trinajstić information content (AvgIpc) is 2.72. The summed E-state index contributed by atoms with van der Waals surface area (Å²) in [6, 6.07) is 10.6. The van der Waals surface area contributed by atoms with Gasteiger partial charge in [-0.2, -0.15) is 0 Å². The molecule has 0 saturated carbocycles. The molecule has 10 nitrogen and oxygen atoms in total. The number of H-pyrrole nitrogens is 2. The van der Waals surface area contributed by atoms with Gasteiger partial charge in [0.2, 0.25) is 5.91 Å². The maximum Gasteiger partial charge on any atom is 0.352 e. The summed E-state index contributed by atoms with van der Waals surface area (Å²) >= 11 is 0. The van der Waals surface area contributed by atoms with E-state index >= 15 is 0 Å². The zero-order valence-electron chi connectivity index (χ0n) is 16.0. The topological polar surface area (TPSA) is 192 Å². The third kappa shape index (κ3) is 5.63. The summed E-state index contributed by atoms with van der Waals surface area (Å²) in [5.41, 5.74) is 9.39. The SMILES string of the molecule is NC(=O)c1ccc2cc(CCc3c(C(=O)O)[nH]c(=O)[nH]c3=O)ccc2c1.NCCO. The minimum atomic E-state index is -1.36. The molecule has 0 atom stereocenters. The number of benzene rings is 2. The number of carbonyl (C=O) groups is 2. The van der Waals surface area contributed by atoms with E-state index in [1.54, 1.807) is 18.2 Å². The molecule has 1 amide bonds. The van der Waals surface area contributed by atoms with Crippen LogP contribution in [-0.4, -0.2) is 45.2 Å². The van der Waals surface area contributed by atoms with Crippen LogP contribution in [0, 0.1) is 0 Å². The maximum absolute atomic E-state index is 11.9. The van der Waals surface area contributed by atoms with E-state index in [0.717, 1.165) is 16.3 Å². The smallest absolute Gasteiger partial charge is 0.352 e. The van der Waals surface area contributed by atoms with Gasteiger partial charge in [0.1, 0.15) is 5.69 Å². The van der Waals surface area contributed by atoms with E-state index in [-0.39, 0.29) is 18.6 Å². The van der Waals surface area contributed by atoms with Crippen molar-refractivity contribution in [1.29, 1.82) is 0 Å². The van der Waals surface area contributed by atoms with Crippen LogP contribution in [0.15, 0.2) is 46.0 Å². The Morgan fingerprint density at radius 3 is 2.20 bits per heavy atom. The molecule has 0 aliphatic heterocycles. The monoisotopic (exact) mass is 414 g/mol. The van der Waals surface area contributed by atoms with Crippen LogP contribution in [0.25, 0.3) is 10.8 Å². The lowest BCUT2D eigenvalue weighted by atomic mass is 9.99. The number of fused-ring (bicyclic) bond motifs is 1. The number of hydrogen-bond donors (Lipinski definition) is 6. The maximum atomic E-state index is 11.9. The number of rotatable bonds is 6. The van der Waals surface area contributed by atoms with Gasteiger partial charge in [0, 0.05) is 17.7 Å². The van der Waals surface area contributed by atoms with Gasteiger partial charge in [-0.25, -0.2) is 9.59 Å². The van der Waals surface area contributed by atoms with Crippen molar-refractivity contribution in [2.45, 2.75) is 12.8 Å². The Kier molecular flexibility index (Phi) is 7.62. The summed E-state index contributed by atoms with van der Waals surface area (Å²) in [7, 11) is 0. The van der Waals surface area contributed by atoms with Crippen LogP contribution in [0.4, 0.5) is 0 Å². The molecule has 8 N–H and O–H groups in total. The number of aromatic amines is 2. The Labute approximate surface area is 170 Å². The van der Waals surface area contributed by atoms with E-state index in [1.807, 2.05) is 23.2 Å². The normalized spacial score (nSPS) is 10.3. The number of carbonyl (C=O) groups excluding carboxylic acids is 1. The van der Waals surface area contributed by atoms with Crippen LogP contribution in [-0.2, 0) is 12.8 Å². The number of primary amides is 1. The molecule has 0 radical (unpaired) electrons. The highest BCUT2D eigenvalue weighted by Crippen LogP contribution is 2.19. The van der Waals surface area contributed by atoms with Crippen molar-refractivity contribution in [3.8, 4) is 0 Å². The van der Waals surface area contributed by atoms with Crippen molar-refractivity contribution in [2.75, 3.05) is 13.2 Å². The largest absolute Gasteiger partial charge is 0.477 e. The standard InChI is InChI=1S/C18H15N3O5.C2H7NO/c19-15(22)12-5-4-10-7-9(1-3-11(10)8-12)2-6-13-14(17(24)25)20-18(26)21-16(13)23;3-1-2-4/h1,3-5,7-8H,2,6H2,(H2,19,22)(H,24,25)(H2,20,21,23,26);4H,1-3H2. The summed E-state index contributed by atoms with van der Waals surface area (Å²) in [6.45, 7) is 0.472. The van der Waals surface area contributed by atoms with Crippen molar-refractivity contribution in [1.82, 2.24) is 9.97 Å². The molecule has 0 aliphatic carbocycles. The zero-order valence-corrected chi connectivity index (χ0v) is 16.0. The van der Waals surface area contributed by atoms with Gasteiger partial charge in [-0.05, 0) is 41.3 Å². The van der Waals surface area contributed by atoms with Crippen molar-refractivity contribution in [2.24, 2.45) is 11.5 Å². The highest BCUT2D eigenvalue weighted by Gasteiger charge is 2.15. The first-order valence-electron chi connectivity index (χ1n) is 8.99. The van der Waals surface area contributed by atoms with Crippen LogP contribution in [0.5, 0.6) is 0 Å². The minimum absolute atomic E-state index is 0.0151. The molecule has 2 aromatic carbocycles. The number of hydrogen-bond acceptors (Lipinski definition) is 6. The van der Waals surface area contributed by atoms with Gasteiger partial charge in [-0.1, -0.05) is 24.3 Å². The fourth-order valence-corrected chi connectivity index (χ4v) is 2.81. The molecule has 3 aromatic rings. The summed E-state index contributed by atoms with van der Waals surface area (Å²) < 4.78 is 0. The van der Waals surface area contributed by atoms with Gasteiger partial charge in [-0.15, -0.1) is 0 Å². The first-order valence-corrected chi connectivity index (χ1v) is 8.99. The molecule has 10 heteroatoms. The van der Waals surface area contributed by atoms with Crippen LogP contribution in [0.2, 0.25) is 0 Å². The number of aryl methyl sites for hydroxylation is 1. The minimum Gasteiger partial charge on any atom is -0.477 e. The van der Waals surface area contributed by atoms with Crippen molar-refractivity contribution >= 4 is 22.6 Å². The fourth-order valence-electron chi connectivity index (χ4n) is 2.81.